The van der Waals surface area contributed by atoms with Gasteiger partial charge in [-0.25, -0.2) is 4.79 Å². The lowest BCUT2D eigenvalue weighted by Gasteiger charge is -2.24. The third-order valence-electron chi connectivity index (χ3n) is 3.33. The van der Waals surface area contributed by atoms with Gasteiger partial charge < -0.3 is 10.1 Å². The first kappa shape index (κ1) is 13.9. The Morgan fingerprint density at radius 1 is 1.05 bits per heavy atom. The van der Waals surface area contributed by atoms with E-state index in [-0.39, 0.29) is 18.1 Å². The van der Waals surface area contributed by atoms with Gasteiger partial charge in [0.05, 0.1) is 6.04 Å². The summed E-state index contributed by atoms with van der Waals surface area (Å²) in [6, 6.07) is 17.8. The van der Waals surface area contributed by atoms with Crippen LogP contribution in [0.1, 0.15) is 11.6 Å². The highest BCUT2D eigenvalue weighted by Gasteiger charge is 2.27. The van der Waals surface area contributed by atoms with Gasteiger partial charge in [-0.1, -0.05) is 46.3 Å². The summed E-state index contributed by atoms with van der Waals surface area (Å²) in [5, 5.41) is 3.44. The molecular weight excluding hydrogens is 330 g/mol. The average Bonchev–Trinajstić information content (AvgIpc) is 2.94. The molecule has 0 unspecified atom stereocenters. The molecule has 0 saturated carbocycles. The fourth-order valence-corrected chi connectivity index (χ4v) is 2.57. The smallest absolute Gasteiger partial charge is 0.331 e. The van der Waals surface area contributed by atoms with Crippen LogP contribution < -0.4 is 5.32 Å². The number of rotatable bonds is 4. The lowest BCUT2D eigenvalue weighted by atomic mass is 10.0. The molecule has 0 aromatic heterocycles. The van der Waals surface area contributed by atoms with Crippen molar-refractivity contribution in [3.63, 3.8) is 0 Å². The van der Waals surface area contributed by atoms with Crippen molar-refractivity contribution in [2.24, 2.45) is 0 Å². The normalized spacial score (nSPS) is 18.3. The van der Waals surface area contributed by atoms with Gasteiger partial charge in [0.25, 0.3) is 0 Å². The number of hydrogen-bond donors (Lipinski definition) is 1. The quantitative estimate of drug-likeness (QED) is 0.850. The van der Waals surface area contributed by atoms with Crippen molar-refractivity contribution in [3.8, 4) is 0 Å². The molecule has 1 aliphatic heterocycles. The highest BCUT2D eigenvalue weighted by Crippen LogP contribution is 2.28. The number of nitrogens with one attached hydrogen (secondary N) is 1. The highest BCUT2D eigenvalue weighted by atomic mass is 79.9. The zero-order valence-electron chi connectivity index (χ0n) is 11.2. The molecule has 3 nitrogen and oxygen atoms in total. The van der Waals surface area contributed by atoms with Crippen LogP contribution in [0.2, 0.25) is 0 Å². The number of esters is 1. The third-order valence-corrected chi connectivity index (χ3v) is 3.86. The van der Waals surface area contributed by atoms with Crippen LogP contribution in [0.5, 0.6) is 0 Å². The van der Waals surface area contributed by atoms with E-state index in [1.165, 1.54) is 6.08 Å². The van der Waals surface area contributed by atoms with Crippen LogP contribution in [-0.4, -0.2) is 12.1 Å². The van der Waals surface area contributed by atoms with Crippen molar-refractivity contribution in [3.05, 3.63) is 76.8 Å². The lowest BCUT2D eigenvalue weighted by Crippen LogP contribution is -2.25. The number of cyclic esters (lactones) is 1. The fraction of sp³-hybridized carbons (Fsp3) is 0.118. The maximum Gasteiger partial charge on any atom is 0.331 e. The second-order valence-corrected chi connectivity index (χ2v) is 5.72. The number of anilines is 1. The first-order valence-corrected chi connectivity index (χ1v) is 7.47. The van der Waals surface area contributed by atoms with Gasteiger partial charge in [-0.15, -0.1) is 0 Å². The molecule has 0 amide bonds. The number of ether oxygens (including phenoxy) is 1. The van der Waals surface area contributed by atoms with Crippen molar-refractivity contribution < 1.29 is 9.53 Å². The molecule has 0 aliphatic carbocycles. The van der Waals surface area contributed by atoms with E-state index in [1.54, 1.807) is 6.08 Å². The predicted octanol–water partition coefficient (Wildman–Crippen LogP) is 4.08. The van der Waals surface area contributed by atoms with E-state index in [0.29, 0.717) is 0 Å². The van der Waals surface area contributed by atoms with E-state index in [4.69, 9.17) is 4.74 Å². The number of hydrogen-bond acceptors (Lipinski definition) is 3. The predicted molar refractivity (Wildman–Crippen MR) is 86.0 cm³/mol. The molecule has 0 fully saturated rings. The summed E-state index contributed by atoms with van der Waals surface area (Å²) in [4.78, 5) is 11.3. The van der Waals surface area contributed by atoms with Crippen LogP contribution in [0, 0.1) is 0 Å². The standard InChI is InChI=1S/C17H14BrNO2/c18-13-6-8-14(9-7-13)19-17(12-4-2-1-3-5-12)15-10-11-16(20)21-15/h1-11,15,17,19H/t15-,17+/m0/s1. The zero-order valence-corrected chi connectivity index (χ0v) is 12.8. The van der Waals surface area contributed by atoms with Crippen LogP contribution >= 0.6 is 15.9 Å². The molecule has 4 heteroatoms. The van der Waals surface area contributed by atoms with Crippen molar-refractivity contribution in [1.82, 2.24) is 0 Å². The van der Waals surface area contributed by atoms with Crippen LogP contribution in [0.3, 0.4) is 0 Å². The summed E-state index contributed by atoms with van der Waals surface area (Å²) in [7, 11) is 0. The molecule has 0 saturated heterocycles. The third kappa shape index (κ3) is 3.34. The number of benzene rings is 2. The first-order chi connectivity index (χ1) is 10.2. The largest absolute Gasteiger partial charge is 0.452 e. The lowest BCUT2D eigenvalue weighted by molar-refractivity contribution is -0.139. The molecule has 2 aromatic carbocycles. The van der Waals surface area contributed by atoms with Gasteiger partial charge in [0, 0.05) is 16.2 Å². The van der Waals surface area contributed by atoms with E-state index in [2.05, 4.69) is 21.2 Å². The van der Waals surface area contributed by atoms with Gasteiger partial charge >= 0.3 is 5.97 Å². The zero-order chi connectivity index (χ0) is 14.7. The van der Waals surface area contributed by atoms with E-state index in [9.17, 15) is 4.79 Å². The minimum Gasteiger partial charge on any atom is -0.452 e. The molecule has 1 N–H and O–H groups in total. The molecule has 1 aliphatic rings. The van der Waals surface area contributed by atoms with Gasteiger partial charge in [-0.3, -0.25) is 0 Å². The Bertz CT molecular complexity index is 652. The van der Waals surface area contributed by atoms with E-state index in [1.807, 2.05) is 54.6 Å². The second kappa shape index (κ2) is 6.14. The van der Waals surface area contributed by atoms with Gasteiger partial charge in [-0.2, -0.15) is 0 Å². The summed E-state index contributed by atoms with van der Waals surface area (Å²) in [6.07, 6.45) is 2.97. The van der Waals surface area contributed by atoms with Crippen molar-refractivity contribution in [1.29, 1.82) is 0 Å². The summed E-state index contributed by atoms with van der Waals surface area (Å²) < 4.78 is 6.38. The Kier molecular flexibility index (Phi) is 4.06. The number of carbonyl (C=O) groups excluding carboxylic acids is 1. The maximum atomic E-state index is 11.3. The molecule has 2 aromatic rings. The monoisotopic (exact) mass is 343 g/mol. The maximum absolute atomic E-state index is 11.3. The second-order valence-electron chi connectivity index (χ2n) is 4.80. The van der Waals surface area contributed by atoms with Crippen molar-refractivity contribution >= 4 is 27.6 Å². The van der Waals surface area contributed by atoms with Gasteiger partial charge in [0.1, 0.15) is 6.10 Å². The fourth-order valence-electron chi connectivity index (χ4n) is 2.31. The SMILES string of the molecule is O=C1C=C[C@@H]([C@H](Nc2ccc(Br)cc2)c2ccccc2)O1. The first-order valence-electron chi connectivity index (χ1n) is 6.68. The minimum atomic E-state index is -0.302. The van der Waals surface area contributed by atoms with Gasteiger partial charge in [0.15, 0.2) is 0 Å². The van der Waals surface area contributed by atoms with Crippen LogP contribution in [0.25, 0.3) is 0 Å². The molecule has 106 valence electrons. The van der Waals surface area contributed by atoms with E-state index < -0.39 is 0 Å². The molecule has 3 rings (SSSR count). The Morgan fingerprint density at radius 3 is 2.38 bits per heavy atom. The van der Waals surface area contributed by atoms with Crippen LogP contribution in [0.15, 0.2) is 71.2 Å². The van der Waals surface area contributed by atoms with Crippen LogP contribution in [-0.2, 0) is 9.53 Å². The molecule has 1 heterocycles. The number of carbonyl (C=O) groups is 1. The summed E-state index contributed by atoms with van der Waals surface area (Å²) >= 11 is 3.42. The Balaban J connectivity index is 1.87. The molecular formula is C17H14BrNO2. The summed E-state index contributed by atoms with van der Waals surface area (Å²) in [5.74, 6) is -0.293. The highest BCUT2D eigenvalue weighted by molar-refractivity contribution is 9.10. The van der Waals surface area contributed by atoms with Crippen molar-refractivity contribution in [2.45, 2.75) is 12.1 Å². The van der Waals surface area contributed by atoms with Gasteiger partial charge in [-0.05, 0) is 35.9 Å². The average molecular weight is 344 g/mol. The van der Waals surface area contributed by atoms with E-state index in [0.717, 1.165) is 15.7 Å². The van der Waals surface area contributed by atoms with E-state index >= 15 is 0 Å². The Morgan fingerprint density at radius 2 is 1.76 bits per heavy atom. The molecule has 0 bridgehead atoms. The number of halogens is 1. The summed E-state index contributed by atoms with van der Waals surface area (Å²) in [5.41, 5.74) is 2.05. The van der Waals surface area contributed by atoms with Crippen LogP contribution in [0.4, 0.5) is 5.69 Å². The molecule has 21 heavy (non-hydrogen) atoms. The topological polar surface area (TPSA) is 38.3 Å². The Hall–Kier alpha value is -2.07. The van der Waals surface area contributed by atoms with Gasteiger partial charge in [0.2, 0.25) is 0 Å². The Labute approximate surface area is 131 Å². The minimum absolute atomic E-state index is 0.116. The van der Waals surface area contributed by atoms with Crippen molar-refractivity contribution in [2.75, 3.05) is 5.32 Å². The molecule has 0 radical (unpaired) electrons. The summed E-state index contributed by atoms with van der Waals surface area (Å²) in [6.45, 7) is 0. The molecule has 2 atom stereocenters. The molecule has 0 spiro atoms.